The van der Waals surface area contributed by atoms with Crippen LogP contribution in [0.2, 0.25) is 0 Å². The summed E-state index contributed by atoms with van der Waals surface area (Å²) in [4.78, 5) is 12.6. The molecule has 0 spiro atoms. The van der Waals surface area contributed by atoms with Gasteiger partial charge in [0.05, 0.1) is 16.9 Å². The Hall–Kier alpha value is -1.62. The Kier molecular flexibility index (Phi) is 3.75. The third-order valence-corrected chi connectivity index (χ3v) is 3.66. The van der Waals surface area contributed by atoms with Gasteiger partial charge < -0.3 is 15.1 Å². The first-order valence-electron chi connectivity index (χ1n) is 6.38. The van der Waals surface area contributed by atoms with Crippen molar-refractivity contribution in [2.45, 2.75) is 31.3 Å². The standard InChI is InChI=1S/C14H18FNO3/c1-16(9-14(19)7-2-3-8-14)12-10(13(17)18)5-4-6-11(12)15/h4-6,19H,2-3,7-9H2,1H3,(H,17,18). The number of aliphatic hydroxyl groups is 1. The summed E-state index contributed by atoms with van der Waals surface area (Å²) in [7, 11) is 1.61. The highest BCUT2D eigenvalue weighted by Gasteiger charge is 2.33. The highest BCUT2D eigenvalue weighted by Crippen LogP contribution is 2.32. The molecule has 1 saturated carbocycles. The zero-order valence-corrected chi connectivity index (χ0v) is 10.9. The van der Waals surface area contributed by atoms with E-state index in [-0.39, 0.29) is 17.8 Å². The molecular weight excluding hydrogens is 249 g/mol. The van der Waals surface area contributed by atoms with E-state index in [9.17, 15) is 14.3 Å². The van der Waals surface area contributed by atoms with E-state index in [1.54, 1.807) is 7.05 Å². The Morgan fingerprint density at radius 3 is 2.63 bits per heavy atom. The summed E-state index contributed by atoms with van der Waals surface area (Å²) in [6, 6.07) is 3.98. The van der Waals surface area contributed by atoms with Gasteiger partial charge in [0, 0.05) is 13.6 Å². The number of hydrogen-bond acceptors (Lipinski definition) is 3. The Labute approximate surface area is 111 Å². The fraction of sp³-hybridized carbons (Fsp3) is 0.500. The highest BCUT2D eigenvalue weighted by atomic mass is 19.1. The maximum atomic E-state index is 13.9. The fourth-order valence-corrected chi connectivity index (χ4v) is 2.79. The van der Waals surface area contributed by atoms with E-state index >= 15 is 0 Å². The van der Waals surface area contributed by atoms with Gasteiger partial charge in [0.1, 0.15) is 5.82 Å². The molecule has 0 radical (unpaired) electrons. The van der Waals surface area contributed by atoms with Gasteiger partial charge in [0.25, 0.3) is 0 Å². The summed E-state index contributed by atoms with van der Waals surface area (Å²) in [5.74, 6) is -1.75. The van der Waals surface area contributed by atoms with E-state index in [1.165, 1.54) is 23.1 Å². The van der Waals surface area contributed by atoms with Crippen molar-refractivity contribution in [3.05, 3.63) is 29.6 Å². The van der Waals surface area contributed by atoms with Gasteiger partial charge in [-0.05, 0) is 25.0 Å². The van der Waals surface area contributed by atoms with E-state index in [0.717, 1.165) is 12.8 Å². The minimum Gasteiger partial charge on any atom is -0.478 e. The van der Waals surface area contributed by atoms with Gasteiger partial charge in [-0.15, -0.1) is 0 Å². The van der Waals surface area contributed by atoms with E-state index in [0.29, 0.717) is 12.8 Å². The number of aromatic carboxylic acids is 1. The lowest BCUT2D eigenvalue weighted by molar-refractivity contribution is 0.0554. The first-order chi connectivity index (χ1) is 8.93. The average molecular weight is 267 g/mol. The minimum atomic E-state index is -1.17. The van der Waals surface area contributed by atoms with Crippen molar-refractivity contribution in [3.63, 3.8) is 0 Å². The molecule has 0 atom stereocenters. The van der Waals surface area contributed by atoms with Crippen molar-refractivity contribution in [1.82, 2.24) is 0 Å². The second kappa shape index (κ2) is 5.17. The van der Waals surface area contributed by atoms with E-state index in [4.69, 9.17) is 5.11 Å². The summed E-state index contributed by atoms with van der Waals surface area (Å²) >= 11 is 0. The van der Waals surface area contributed by atoms with Gasteiger partial charge in [0.2, 0.25) is 0 Å². The molecular formula is C14H18FNO3. The molecule has 1 aliphatic rings. The zero-order chi connectivity index (χ0) is 14.0. The quantitative estimate of drug-likeness (QED) is 0.878. The molecule has 0 saturated heterocycles. The van der Waals surface area contributed by atoms with E-state index in [1.807, 2.05) is 0 Å². The lowest BCUT2D eigenvalue weighted by atomic mass is 10.0. The van der Waals surface area contributed by atoms with Crippen LogP contribution in [-0.4, -0.2) is 35.4 Å². The summed E-state index contributed by atoms with van der Waals surface area (Å²) in [6.45, 7) is 0.244. The number of para-hydroxylation sites is 1. The van der Waals surface area contributed by atoms with Crippen LogP contribution in [0.3, 0.4) is 0 Å². The van der Waals surface area contributed by atoms with Gasteiger partial charge in [-0.1, -0.05) is 18.9 Å². The molecule has 1 aromatic rings. The van der Waals surface area contributed by atoms with Crippen molar-refractivity contribution in [3.8, 4) is 0 Å². The third-order valence-electron chi connectivity index (χ3n) is 3.66. The number of halogens is 1. The molecule has 2 N–H and O–H groups in total. The number of carbonyl (C=O) groups is 1. The normalized spacial score (nSPS) is 17.4. The summed E-state index contributed by atoms with van der Waals surface area (Å²) < 4.78 is 13.9. The van der Waals surface area contributed by atoms with Crippen LogP contribution in [0.1, 0.15) is 36.0 Å². The van der Waals surface area contributed by atoms with Gasteiger partial charge in [-0.2, -0.15) is 0 Å². The fourth-order valence-electron chi connectivity index (χ4n) is 2.79. The number of carboxylic acid groups (broad SMARTS) is 1. The molecule has 0 amide bonds. The minimum absolute atomic E-state index is 0.0373. The molecule has 1 aromatic carbocycles. The smallest absolute Gasteiger partial charge is 0.337 e. The van der Waals surface area contributed by atoms with Crippen LogP contribution in [0, 0.1) is 5.82 Å². The van der Waals surface area contributed by atoms with Gasteiger partial charge >= 0.3 is 5.97 Å². The molecule has 5 heteroatoms. The lowest BCUT2D eigenvalue weighted by Crippen LogP contribution is -2.40. The van der Waals surface area contributed by atoms with Crippen molar-refractivity contribution >= 4 is 11.7 Å². The predicted octanol–water partition coefficient (Wildman–Crippen LogP) is 2.27. The molecule has 4 nitrogen and oxygen atoms in total. The molecule has 0 aliphatic heterocycles. The van der Waals surface area contributed by atoms with Crippen molar-refractivity contribution in [1.29, 1.82) is 0 Å². The Bertz CT molecular complexity index is 484. The SMILES string of the molecule is CN(CC1(O)CCCC1)c1c(F)cccc1C(=O)O. The summed E-state index contributed by atoms with van der Waals surface area (Å²) in [5, 5.41) is 19.4. The third kappa shape index (κ3) is 2.87. The zero-order valence-electron chi connectivity index (χ0n) is 10.9. The van der Waals surface area contributed by atoms with E-state index < -0.39 is 17.4 Å². The van der Waals surface area contributed by atoms with E-state index in [2.05, 4.69) is 0 Å². The number of rotatable bonds is 4. The monoisotopic (exact) mass is 267 g/mol. The number of hydrogen-bond donors (Lipinski definition) is 2. The average Bonchev–Trinajstić information content (AvgIpc) is 2.74. The predicted molar refractivity (Wildman–Crippen MR) is 70.0 cm³/mol. The number of nitrogens with zero attached hydrogens (tertiary/aromatic N) is 1. The van der Waals surface area contributed by atoms with Crippen LogP contribution in [0.4, 0.5) is 10.1 Å². The maximum Gasteiger partial charge on any atom is 0.337 e. The van der Waals surface area contributed by atoms with Crippen molar-refractivity contribution < 1.29 is 19.4 Å². The van der Waals surface area contributed by atoms with Crippen LogP contribution in [0.25, 0.3) is 0 Å². The number of benzene rings is 1. The Morgan fingerprint density at radius 2 is 2.05 bits per heavy atom. The van der Waals surface area contributed by atoms with Crippen LogP contribution >= 0.6 is 0 Å². The summed E-state index contributed by atoms with van der Waals surface area (Å²) in [5.41, 5.74) is -0.883. The molecule has 0 aromatic heterocycles. The molecule has 0 unspecified atom stereocenters. The summed E-state index contributed by atoms with van der Waals surface area (Å²) in [6.07, 6.45) is 3.25. The molecule has 2 rings (SSSR count). The number of carboxylic acids is 1. The second-order valence-electron chi connectivity index (χ2n) is 5.23. The molecule has 0 heterocycles. The first-order valence-corrected chi connectivity index (χ1v) is 6.38. The Balaban J connectivity index is 2.28. The Morgan fingerprint density at radius 1 is 1.42 bits per heavy atom. The molecule has 1 fully saturated rings. The van der Waals surface area contributed by atoms with Crippen LogP contribution in [0.5, 0.6) is 0 Å². The molecule has 1 aliphatic carbocycles. The van der Waals surface area contributed by atoms with Gasteiger partial charge in [-0.3, -0.25) is 0 Å². The number of anilines is 1. The van der Waals surface area contributed by atoms with Crippen molar-refractivity contribution in [2.24, 2.45) is 0 Å². The maximum absolute atomic E-state index is 13.9. The molecule has 19 heavy (non-hydrogen) atoms. The van der Waals surface area contributed by atoms with Crippen molar-refractivity contribution in [2.75, 3.05) is 18.5 Å². The van der Waals surface area contributed by atoms with Gasteiger partial charge in [0.15, 0.2) is 0 Å². The van der Waals surface area contributed by atoms with Crippen LogP contribution in [-0.2, 0) is 0 Å². The lowest BCUT2D eigenvalue weighted by Gasteiger charge is -2.30. The highest BCUT2D eigenvalue weighted by molar-refractivity contribution is 5.94. The largest absolute Gasteiger partial charge is 0.478 e. The van der Waals surface area contributed by atoms with Crippen LogP contribution in [0.15, 0.2) is 18.2 Å². The molecule has 104 valence electrons. The first kappa shape index (κ1) is 13.8. The van der Waals surface area contributed by atoms with Crippen LogP contribution < -0.4 is 4.90 Å². The molecule has 0 bridgehead atoms. The topological polar surface area (TPSA) is 60.8 Å². The van der Waals surface area contributed by atoms with Gasteiger partial charge in [-0.25, -0.2) is 9.18 Å². The second-order valence-corrected chi connectivity index (χ2v) is 5.23. The number of likely N-dealkylation sites (N-methyl/N-ethyl adjacent to an activating group) is 1.